The van der Waals surface area contributed by atoms with Crippen molar-refractivity contribution in [2.24, 2.45) is 0 Å². The molecule has 2 aliphatic heterocycles. The first-order valence-electron chi connectivity index (χ1n) is 9.67. The Labute approximate surface area is 167 Å². The lowest BCUT2D eigenvalue weighted by atomic mass is 9.77. The van der Waals surface area contributed by atoms with Crippen LogP contribution in [0.4, 0.5) is 13.6 Å². The van der Waals surface area contributed by atoms with Gasteiger partial charge in [0.15, 0.2) is 0 Å². The highest BCUT2D eigenvalue weighted by Gasteiger charge is 2.48. The van der Waals surface area contributed by atoms with Gasteiger partial charge in [-0.3, -0.25) is 4.90 Å². The Bertz CT molecular complexity index is 862. The number of hydrogen-bond acceptors (Lipinski definition) is 4. The predicted molar refractivity (Wildman–Crippen MR) is 101 cm³/mol. The van der Waals surface area contributed by atoms with Crippen LogP contribution in [0.15, 0.2) is 48.5 Å². The molecule has 1 amide bonds. The van der Waals surface area contributed by atoms with Crippen molar-refractivity contribution in [2.45, 2.75) is 43.6 Å². The zero-order chi connectivity index (χ0) is 20.4. The molecule has 2 heterocycles. The van der Waals surface area contributed by atoms with E-state index in [1.54, 1.807) is 4.90 Å². The van der Waals surface area contributed by atoms with Gasteiger partial charge in [-0.25, -0.2) is 13.6 Å². The summed E-state index contributed by atoms with van der Waals surface area (Å²) in [5, 5.41) is 11.1. The van der Waals surface area contributed by atoms with E-state index in [1.165, 1.54) is 0 Å². The molecule has 2 bridgehead atoms. The lowest BCUT2D eigenvalue weighted by Gasteiger charge is -2.51. The van der Waals surface area contributed by atoms with Gasteiger partial charge in [0.05, 0.1) is 30.9 Å². The van der Waals surface area contributed by atoms with Gasteiger partial charge in [0.25, 0.3) is 0 Å². The molecule has 2 aromatic carbocycles. The molecule has 7 heteroatoms. The second-order valence-electron chi connectivity index (χ2n) is 7.84. The molecule has 0 spiro atoms. The first-order chi connectivity index (χ1) is 13.9. The predicted octanol–water partition coefficient (Wildman–Crippen LogP) is 3.44. The van der Waals surface area contributed by atoms with Crippen molar-refractivity contribution >= 4 is 6.09 Å². The summed E-state index contributed by atoms with van der Waals surface area (Å²) >= 11 is 0. The Kier molecular flexibility index (Phi) is 5.52. The van der Waals surface area contributed by atoms with E-state index in [4.69, 9.17) is 9.47 Å². The number of nitrogens with zero attached hydrogens (tertiary/aromatic N) is 1. The molecule has 2 aliphatic rings. The summed E-state index contributed by atoms with van der Waals surface area (Å²) in [7, 11) is 0. The molecule has 0 aromatic heterocycles. The maximum absolute atomic E-state index is 14.1. The molecule has 2 fully saturated rings. The average molecular weight is 403 g/mol. The van der Waals surface area contributed by atoms with Crippen molar-refractivity contribution in [1.29, 1.82) is 0 Å². The number of carbonyl (C=O) groups excluding carboxylic acids is 1. The molecule has 2 unspecified atom stereocenters. The van der Waals surface area contributed by atoms with Crippen LogP contribution in [0.5, 0.6) is 0 Å². The second-order valence-corrected chi connectivity index (χ2v) is 7.84. The van der Waals surface area contributed by atoms with Crippen molar-refractivity contribution in [3.05, 3.63) is 71.3 Å². The molecule has 154 valence electrons. The first-order valence-corrected chi connectivity index (χ1v) is 9.67. The average Bonchev–Trinajstić information content (AvgIpc) is 2.69. The van der Waals surface area contributed by atoms with E-state index in [-0.39, 0.29) is 56.7 Å². The molecule has 5 nitrogen and oxygen atoms in total. The number of piperidine rings is 1. The number of amides is 1. The van der Waals surface area contributed by atoms with Crippen molar-refractivity contribution in [1.82, 2.24) is 4.90 Å². The van der Waals surface area contributed by atoms with Gasteiger partial charge >= 0.3 is 6.09 Å². The maximum Gasteiger partial charge on any atom is 0.410 e. The summed E-state index contributed by atoms with van der Waals surface area (Å²) in [6.45, 7) is 0.699. The van der Waals surface area contributed by atoms with Gasteiger partial charge < -0.3 is 14.6 Å². The Balaban J connectivity index is 1.45. The standard InChI is InChI=1S/C22H23F2NO4/c23-17-6-7-20(24)16(8-17)9-22(27)10-18-13-28-14-19(11-22)25(18)21(26)29-12-15-4-2-1-3-5-15/h1-8,18-19,27H,9-14H2. The highest BCUT2D eigenvalue weighted by atomic mass is 19.1. The lowest BCUT2D eigenvalue weighted by molar-refractivity contribution is -0.133. The van der Waals surface area contributed by atoms with Crippen LogP contribution in [-0.4, -0.2) is 47.0 Å². The largest absolute Gasteiger partial charge is 0.445 e. The molecular weight excluding hydrogens is 380 g/mol. The molecule has 0 radical (unpaired) electrons. The number of benzene rings is 2. The minimum atomic E-state index is -1.25. The van der Waals surface area contributed by atoms with Crippen LogP contribution in [-0.2, 0) is 22.5 Å². The van der Waals surface area contributed by atoms with Gasteiger partial charge in [0.1, 0.15) is 18.2 Å². The van der Waals surface area contributed by atoms with E-state index in [9.17, 15) is 18.7 Å². The lowest BCUT2D eigenvalue weighted by Crippen LogP contribution is -2.64. The summed E-state index contributed by atoms with van der Waals surface area (Å²) in [5.74, 6) is -1.10. The van der Waals surface area contributed by atoms with Gasteiger partial charge in [-0.1, -0.05) is 30.3 Å². The fourth-order valence-corrected chi connectivity index (χ4v) is 4.34. The number of fused-ring (bicyclic) bond motifs is 2. The van der Waals surface area contributed by atoms with E-state index in [0.717, 1.165) is 23.8 Å². The third kappa shape index (κ3) is 4.41. The van der Waals surface area contributed by atoms with E-state index in [2.05, 4.69) is 0 Å². The summed E-state index contributed by atoms with van der Waals surface area (Å²) in [6.07, 6.45) is -0.0536. The van der Waals surface area contributed by atoms with Crippen LogP contribution in [0.3, 0.4) is 0 Å². The molecule has 29 heavy (non-hydrogen) atoms. The van der Waals surface area contributed by atoms with Gasteiger partial charge in [0, 0.05) is 6.42 Å². The van der Waals surface area contributed by atoms with Gasteiger partial charge in [-0.05, 0) is 42.2 Å². The zero-order valence-electron chi connectivity index (χ0n) is 15.9. The quantitative estimate of drug-likeness (QED) is 0.850. The maximum atomic E-state index is 14.1. The fourth-order valence-electron chi connectivity index (χ4n) is 4.34. The Hall–Kier alpha value is -2.51. The van der Waals surface area contributed by atoms with Crippen molar-refractivity contribution in [3.63, 3.8) is 0 Å². The van der Waals surface area contributed by atoms with E-state index >= 15 is 0 Å². The molecule has 0 saturated carbocycles. The minimum Gasteiger partial charge on any atom is -0.445 e. The Morgan fingerprint density at radius 1 is 1.14 bits per heavy atom. The summed E-state index contributed by atoms with van der Waals surface area (Å²) in [5.41, 5.74) is -0.229. The number of morpholine rings is 1. The van der Waals surface area contributed by atoms with Crippen LogP contribution >= 0.6 is 0 Å². The molecular formula is C22H23F2NO4. The monoisotopic (exact) mass is 403 g/mol. The van der Waals surface area contributed by atoms with Gasteiger partial charge in [-0.15, -0.1) is 0 Å². The molecule has 2 saturated heterocycles. The summed E-state index contributed by atoms with van der Waals surface area (Å²) < 4.78 is 38.6. The van der Waals surface area contributed by atoms with E-state index < -0.39 is 23.3 Å². The number of rotatable bonds is 4. The number of ether oxygens (including phenoxy) is 2. The van der Waals surface area contributed by atoms with Crippen LogP contribution in [0.1, 0.15) is 24.0 Å². The van der Waals surface area contributed by atoms with Gasteiger partial charge in [-0.2, -0.15) is 0 Å². The number of hydrogen-bond donors (Lipinski definition) is 1. The van der Waals surface area contributed by atoms with Crippen LogP contribution in [0, 0.1) is 11.6 Å². The second kappa shape index (κ2) is 8.08. The topological polar surface area (TPSA) is 59.0 Å². The van der Waals surface area contributed by atoms with Gasteiger partial charge in [0.2, 0.25) is 0 Å². The molecule has 4 rings (SSSR count). The van der Waals surface area contributed by atoms with Crippen molar-refractivity contribution in [2.75, 3.05) is 13.2 Å². The highest BCUT2D eigenvalue weighted by Crippen LogP contribution is 2.37. The minimum absolute atomic E-state index is 0.0174. The first kappa shape index (κ1) is 19.8. The highest BCUT2D eigenvalue weighted by molar-refractivity contribution is 5.69. The molecule has 2 aromatic rings. The molecule has 0 aliphatic carbocycles. The SMILES string of the molecule is O=C(OCc1ccccc1)N1C2COCC1CC(O)(Cc1cc(F)ccc1F)C2. The smallest absolute Gasteiger partial charge is 0.410 e. The third-order valence-corrected chi connectivity index (χ3v) is 5.58. The normalized spacial score (nSPS) is 26.2. The van der Waals surface area contributed by atoms with E-state index in [1.807, 2.05) is 30.3 Å². The Morgan fingerprint density at radius 2 is 1.83 bits per heavy atom. The molecule has 1 N–H and O–H groups in total. The van der Waals surface area contributed by atoms with Crippen LogP contribution < -0.4 is 0 Å². The van der Waals surface area contributed by atoms with Crippen molar-refractivity contribution < 1.29 is 28.2 Å². The number of carbonyl (C=O) groups is 1. The Morgan fingerprint density at radius 3 is 2.52 bits per heavy atom. The number of halogens is 2. The fraction of sp³-hybridized carbons (Fsp3) is 0.409. The third-order valence-electron chi connectivity index (χ3n) is 5.58. The summed E-state index contributed by atoms with van der Waals surface area (Å²) in [4.78, 5) is 14.3. The zero-order valence-corrected chi connectivity index (χ0v) is 15.9. The summed E-state index contributed by atoms with van der Waals surface area (Å²) in [6, 6.07) is 11.8. The van der Waals surface area contributed by atoms with Crippen molar-refractivity contribution in [3.8, 4) is 0 Å². The number of aliphatic hydroxyl groups is 1. The van der Waals surface area contributed by atoms with Crippen LogP contribution in [0.2, 0.25) is 0 Å². The van der Waals surface area contributed by atoms with E-state index in [0.29, 0.717) is 0 Å². The van der Waals surface area contributed by atoms with Crippen LogP contribution in [0.25, 0.3) is 0 Å². The molecule has 2 atom stereocenters.